The zero-order valence-corrected chi connectivity index (χ0v) is 14.8. The van der Waals surface area contributed by atoms with Gasteiger partial charge in [-0.3, -0.25) is 9.78 Å². The summed E-state index contributed by atoms with van der Waals surface area (Å²) in [6.45, 7) is 4.45. The summed E-state index contributed by atoms with van der Waals surface area (Å²) in [4.78, 5) is 27.8. The second-order valence-electron chi connectivity index (χ2n) is 6.06. The third kappa shape index (κ3) is 2.82. The van der Waals surface area contributed by atoms with Gasteiger partial charge < -0.3 is 9.42 Å². The Labute approximate surface area is 148 Å². The van der Waals surface area contributed by atoms with Gasteiger partial charge >= 0.3 is 0 Å². The summed E-state index contributed by atoms with van der Waals surface area (Å²) in [5.41, 5.74) is 5.33. The molecule has 0 aromatic carbocycles. The van der Waals surface area contributed by atoms with Crippen LogP contribution in [0.25, 0.3) is 11.3 Å². The van der Waals surface area contributed by atoms with Gasteiger partial charge in [0.05, 0.1) is 46.6 Å². The van der Waals surface area contributed by atoms with Gasteiger partial charge in [-0.05, 0) is 26.7 Å². The van der Waals surface area contributed by atoms with E-state index in [1.54, 1.807) is 23.3 Å². The van der Waals surface area contributed by atoms with Crippen LogP contribution < -0.4 is 0 Å². The molecular formula is C17H17N5O2S. The number of aryl methyl sites for hydroxylation is 2. The van der Waals surface area contributed by atoms with Crippen molar-refractivity contribution >= 4 is 17.2 Å². The van der Waals surface area contributed by atoms with Crippen molar-refractivity contribution in [2.75, 3.05) is 6.54 Å². The number of likely N-dealkylation sites (tertiary alicyclic amines) is 1. The van der Waals surface area contributed by atoms with Gasteiger partial charge in [-0.25, -0.2) is 9.97 Å². The SMILES string of the molecule is Cc1noc(C)c1-c1cncc([C@H]2CCCN2C(=O)c2cscn2)n1. The number of rotatable bonds is 3. The summed E-state index contributed by atoms with van der Waals surface area (Å²) in [5, 5.41) is 5.76. The van der Waals surface area contributed by atoms with Crippen molar-refractivity contribution in [3.05, 3.63) is 46.1 Å². The number of thiazole rings is 1. The van der Waals surface area contributed by atoms with Gasteiger partial charge in [0.1, 0.15) is 11.5 Å². The van der Waals surface area contributed by atoms with Crippen LogP contribution in [0.2, 0.25) is 0 Å². The minimum absolute atomic E-state index is 0.0479. The molecule has 3 aromatic heterocycles. The maximum Gasteiger partial charge on any atom is 0.273 e. The van der Waals surface area contributed by atoms with E-state index in [1.807, 2.05) is 18.7 Å². The Morgan fingerprint density at radius 1 is 1.36 bits per heavy atom. The smallest absolute Gasteiger partial charge is 0.273 e. The van der Waals surface area contributed by atoms with Crippen molar-refractivity contribution in [2.24, 2.45) is 0 Å². The van der Waals surface area contributed by atoms with Crippen LogP contribution in [0.4, 0.5) is 0 Å². The monoisotopic (exact) mass is 355 g/mol. The second-order valence-corrected chi connectivity index (χ2v) is 6.78. The standard InChI is InChI=1S/C17H17N5O2S/c1-10-16(11(2)24-21-10)13-7-18-6-12(20-13)15-4-3-5-22(15)17(23)14-8-25-9-19-14/h6-9,15H,3-5H2,1-2H3/t15-/m1/s1. The van der Waals surface area contributed by atoms with E-state index in [4.69, 9.17) is 9.51 Å². The fourth-order valence-corrected chi connectivity index (χ4v) is 3.82. The number of hydrogen-bond donors (Lipinski definition) is 0. The third-order valence-electron chi connectivity index (χ3n) is 4.45. The first-order valence-corrected chi connectivity index (χ1v) is 9.04. The lowest BCUT2D eigenvalue weighted by Gasteiger charge is -2.23. The Balaban J connectivity index is 1.67. The number of nitrogens with zero attached hydrogens (tertiary/aromatic N) is 5. The molecule has 0 spiro atoms. The molecule has 7 nitrogen and oxygen atoms in total. The molecule has 0 bridgehead atoms. The van der Waals surface area contributed by atoms with Gasteiger partial charge in [0.25, 0.3) is 5.91 Å². The fraction of sp³-hybridized carbons (Fsp3) is 0.353. The van der Waals surface area contributed by atoms with Crippen LogP contribution in [-0.2, 0) is 0 Å². The number of aromatic nitrogens is 4. The summed E-state index contributed by atoms with van der Waals surface area (Å²) in [5.74, 6) is 0.666. The largest absolute Gasteiger partial charge is 0.361 e. The molecule has 0 radical (unpaired) electrons. The quantitative estimate of drug-likeness (QED) is 0.717. The van der Waals surface area contributed by atoms with Gasteiger partial charge in [-0.1, -0.05) is 5.16 Å². The maximum absolute atomic E-state index is 12.7. The molecule has 1 aliphatic heterocycles. The fourth-order valence-electron chi connectivity index (χ4n) is 3.29. The Kier molecular flexibility index (Phi) is 4.04. The molecule has 4 rings (SSSR count). The van der Waals surface area contributed by atoms with Crippen LogP contribution in [0.15, 0.2) is 27.8 Å². The Hall–Kier alpha value is -2.61. The zero-order valence-electron chi connectivity index (χ0n) is 14.0. The lowest BCUT2D eigenvalue weighted by molar-refractivity contribution is 0.0727. The molecule has 3 aromatic rings. The number of amides is 1. The molecule has 128 valence electrons. The summed E-state index contributed by atoms with van der Waals surface area (Å²) in [6, 6.07) is -0.0814. The van der Waals surface area contributed by atoms with E-state index in [1.165, 1.54) is 11.3 Å². The van der Waals surface area contributed by atoms with Crippen LogP contribution >= 0.6 is 11.3 Å². The first kappa shape index (κ1) is 15.9. The zero-order chi connectivity index (χ0) is 17.4. The Morgan fingerprint density at radius 2 is 2.24 bits per heavy atom. The van der Waals surface area contributed by atoms with E-state index in [-0.39, 0.29) is 11.9 Å². The van der Waals surface area contributed by atoms with E-state index in [0.717, 1.165) is 35.5 Å². The molecular weight excluding hydrogens is 338 g/mol. The predicted molar refractivity (Wildman–Crippen MR) is 92.1 cm³/mol. The maximum atomic E-state index is 12.7. The minimum Gasteiger partial charge on any atom is -0.361 e. The first-order valence-electron chi connectivity index (χ1n) is 8.09. The molecule has 8 heteroatoms. The van der Waals surface area contributed by atoms with Crippen molar-refractivity contribution in [1.82, 2.24) is 25.0 Å². The highest BCUT2D eigenvalue weighted by Gasteiger charge is 2.33. The summed E-state index contributed by atoms with van der Waals surface area (Å²) in [6.07, 6.45) is 5.25. The van der Waals surface area contributed by atoms with Crippen LogP contribution in [-0.4, -0.2) is 37.5 Å². The van der Waals surface area contributed by atoms with Gasteiger partial charge in [-0.15, -0.1) is 11.3 Å². The van der Waals surface area contributed by atoms with E-state index in [0.29, 0.717) is 18.0 Å². The first-order chi connectivity index (χ1) is 12.1. The van der Waals surface area contributed by atoms with Crippen LogP contribution in [0.3, 0.4) is 0 Å². The summed E-state index contributed by atoms with van der Waals surface area (Å²) < 4.78 is 5.23. The van der Waals surface area contributed by atoms with Gasteiger partial charge in [-0.2, -0.15) is 0 Å². The Morgan fingerprint density at radius 3 is 2.96 bits per heavy atom. The number of carbonyl (C=O) groups is 1. The van der Waals surface area contributed by atoms with Gasteiger partial charge in [0, 0.05) is 11.9 Å². The molecule has 1 aliphatic rings. The average molecular weight is 355 g/mol. The molecule has 0 aliphatic carbocycles. The van der Waals surface area contributed by atoms with Crippen LogP contribution in [0.5, 0.6) is 0 Å². The number of carbonyl (C=O) groups excluding carboxylic acids is 1. The normalized spacial score (nSPS) is 17.2. The van der Waals surface area contributed by atoms with Gasteiger partial charge in [0.15, 0.2) is 0 Å². The van der Waals surface area contributed by atoms with E-state index < -0.39 is 0 Å². The molecule has 0 saturated carbocycles. The van der Waals surface area contributed by atoms with Crippen molar-refractivity contribution in [2.45, 2.75) is 32.7 Å². The van der Waals surface area contributed by atoms with Crippen LogP contribution in [0.1, 0.15) is 46.5 Å². The average Bonchev–Trinajstić information content (AvgIpc) is 3.36. The summed E-state index contributed by atoms with van der Waals surface area (Å²) in [7, 11) is 0. The second kappa shape index (κ2) is 6.36. The molecule has 1 fully saturated rings. The van der Waals surface area contributed by atoms with Crippen molar-refractivity contribution in [3.8, 4) is 11.3 Å². The third-order valence-corrected chi connectivity index (χ3v) is 5.04. The van der Waals surface area contributed by atoms with Crippen molar-refractivity contribution in [1.29, 1.82) is 0 Å². The highest BCUT2D eigenvalue weighted by molar-refractivity contribution is 7.07. The summed E-state index contributed by atoms with van der Waals surface area (Å²) >= 11 is 1.42. The minimum atomic E-state index is -0.0814. The van der Waals surface area contributed by atoms with Gasteiger partial charge in [0.2, 0.25) is 0 Å². The van der Waals surface area contributed by atoms with E-state index in [2.05, 4.69) is 15.1 Å². The van der Waals surface area contributed by atoms with Crippen molar-refractivity contribution < 1.29 is 9.32 Å². The molecule has 0 unspecified atom stereocenters. The molecule has 4 heterocycles. The lowest BCUT2D eigenvalue weighted by Crippen LogP contribution is -2.31. The molecule has 0 N–H and O–H groups in total. The lowest BCUT2D eigenvalue weighted by atomic mass is 10.1. The van der Waals surface area contributed by atoms with E-state index in [9.17, 15) is 4.79 Å². The number of hydrogen-bond acceptors (Lipinski definition) is 7. The highest BCUT2D eigenvalue weighted by Crippen LogP contribution is 2.33. The molecule has 1 amide bonds. The predicted octanol–water partition coefficient (Wildman–Crippen LogP) is 3.18. The molecule has 1 atom stereocenters. The molecule has 25 heavy (non-hydrogen) atoms. The van der Waals surface area contributed by atoms with E-state index >= 15 is 0 Å². The molecule has 1 saturated heterocycles. The van der Waals surface area contributed by atoms with Crippen LogP contribution in [0, 0.1) is 13.8 Å². The topological polar surface area (TPSA) is 85.0 Å². The highest BCUT2D eigenvalue weighted by atomic mass is 32.1. The van der Waals surface area contributed by atoms with Crippen molar-refractivity contribution in [3.63, 3.8) is 0 Å². The Bertz CT molecular complexity index is 886.